The fourth-order valence-electron chi connectivity index (χ4n) is 3.59. The first-order valence-corrected chi connectivity index (χ1v) is 12.0. The van der Waals surface area contributed by atoms with Crippen molar-refractivity contribution in [3.63, 3.8) is 0 Å². The second kappa shape index (κ2) is 8.21. The van der Waals surface area contributed by atoms with E-state index in [4.69, 9.17) is 4.98 Å². The van der Waals surface area contributed by atoms with Crippen LogP contribution in [0.1, 0.15) is 37.1 Å². The fourth-order valence-corrected chi connectivity index (χ4v) is 5.76. The molecule has 10 heteroatoms. The minimum atomic E-state index is -3.52. The highest BCUT2D eigenvalue weighted by Gasteiger charge is 2.32. The maximum atomic E-state index is 13.1. The number of pyridine rings is 1. The molecule has 3 aromatic rings. The van der Waals surface area contributed by atoms with Crippen molar-refractivity contribution < 1.29 is 8.42 Å². The maximum absolute atomic E-state index is 13.1. The molecule has 0 saturated carbocycles. The van der Waals surface area contributed by atoms with Gasteiger partial charge >= 0.3 is 0 Å². The number of nitrogens with zero attached hydrogens (tertiary/aromatic N) is 5. The zero-order valence-electron chi connectivity index (χ0n) is 16.4. The molecule has 1 aliphatic rings. The van der Waals surface area contributed by atoms with Crippen molar-refractivity contribution in [3.05, 3.63) is 47.4 Å². The molecule has 154 valence electrons. The minimum absolute atomic E-state index is 0.235. The van der Waals surface area contributed by atoms with Gasteiger partial charge in [-0.15, -0.1) is 11.3 Å². The quantitative estimate of drug-likeness (QED) is 0.642. The second-order valence-electron chi connectivity index (χ2n) is 7.02. The number of nitrogens with one attached hydrogen (secondary N) is 1. The summed E-state index contributed by atoms with van der Waals surface area (Å²) in [6.07, 6.45) is 4.87. The summed E-state index contributed by atoms with van der Waals surface area (Å²) in [5.74, 6) is 0.995. The minimum Gasteiger partial charge on any atom is -0.316 e. The number of sulfonamides is 1. The Bertz CT molecular complexity index is 1070. The van der Waals surface area contributed by atoms with Gasteiger partial charge in [-0.1, -0.05) is 6.07 Å². The molecular weight excluding hydrogens is 408 g/mol. The number of thiazole rings is 1. The Morgan fingerprint density at radius 2 is 2.07 bits per heavy atom. The lowest BCUT2D eigenvalue weighted by molar-refractivity contribution is 0.316. The maximum Gasteiger partial charge on any atom is 0.246 e. The van der Waals surface area contributed by atoms with E-state index in [-0.39, 0.29) is 5.92 Å². The van der Waals surface area contributed by atoms with E-state index in [1.165, 1.54) is 11.3 Å². The van der Waals surface area contributed by atoms with E-state index in [1.54, 1.807) is 28.3 Å². The van der Waals surface area contributed by atoms with Gasteiger partial charge < -0.3 is 5.32 Å². The van der Waals surface area contributed by atoms with Gasteiger partial charge in [0.1, 0.15) is 10.7 Å². The number of piperidine rings is 1. The molecule has 1 N–H and O–H groups in total. The SMILES string of the molecule is CCn1cc(S(=O)(=O)N2CCC(c3cccc(Nc4nccs4)n3)CC2)c(C)n1. The number of hydrogen-bond donors (Lipinski definition) is 1. The first kappa shape index (κ1) is 20.0. The third kappa shape index (κ3) is 4.19. The predicted octanol–water partition coefficient (Wildman–Crippen LogP) is 3.37. The summed E-state index contributed by atoms with van der Waals surface area (Å²) >= 11 is 1.52. The molecule has 1 saturated heterocycles. The van der Waals surface area contributed by atoms with Crippen molar-refractivity contribution in [1.82, 2.24) is 24.1 Å². The van der Waals surface area contributed by atoms with Gasteiger partial charge in [-0.3, -0.25) is 4.68 Å². The number of aryl methyl sites for hydroxylation is 2. The molecule has 0 aliphatic carbocycles. The molecule has 29 heavy (non-hydrogen) atoms. The molecule has 4 heterocycles. The first-order chi connectivity index (χ1) is 14.0. The van der Waals surface area contributed by atoms with Gasteiger partial charge in [-0.2, -0.15) is 9.40 Å². The van der Waals surface area contributed by atoms with E-state index in [2.05, 4.69) is 15.4 Å². The molecule has 4 rings (SSSR count). The van der Waals surface area contributed by atoms with Gasteiger partial charge in [-0.25, -0.2) is 18.4 Å². The van der Waals surface area contributed by atoms with Crippen molar-refractivity contribution >= 4 is 32.3 Å². The van der Waals surface area contributed by atoms with Gasteiger partial charge in [0.25, 0.3) is 0 Å². The highest BCUT2D eigenvalue weighted by molar-refractivity contribution is 7.89. The molecule has 0 radical (unpaired) electrons. The van der Waals surface area contributed by atoms with Crippen molar-refractivity contribution in [2.45, 2.75) is 44.0 Å². The molecule has 3 aromatic heterocycles. The molecule has 8 nitrogen and oxygen atoms in total. The largest absolute Gasteiger partial charge is 0.316 e. The number of rotatable bonds is 6. The summed E-state index contributed by atoms with van der Waals surface area (Å²) in [5.41, 5.74) is 1.54. The normalized spacial score (nSPS) is 16.2. The fraction of sp³-hybridized carbons (Fsp3) is 0.421. The molecular formula is C19H24N6O2S2. The third-order valence-corrected chi connectivity index (χ3v) is 7.84. The van der Waals surface area contributed by atoms with Gasteiger partial charge in [0.05, 0.1) is 5.69 Å². The smallest absolute Gasteiger partial charge is 0.246 e. The Labute approximate surface area is 174 Å². The molecule has 1 aliphatic heterocycles. The Morgan fingerprint density at radius 3 is 2.72 bits per heavy atom. The van der Waals surface area contributed by atoms with Crippen molar-refractivity contribution in [2.24, 2.45) is 0 Å². The van der Waals surface area contributed by atoms with Crippen LogP contribution in [0.4, 0.5) is 10.9 Å². The number of hydrogen-bond acceptors (Lipinski definition) is 7. The van der Waals surface area contributed by atoms with E-state index in [0.29, 0.717) is 30.2 Å². The van der Waals surface area contributed by atoms with Crippen LogP contribution in [-0.2, 0) is 16.6 Å². The Hall–Kier alpha value is -2.30. The third-order valence-electron chi connectivity index (χ3n) is 5.15. The zero-order chi connectivity index (χ0) is 20.4. The summed E-state index contributed by atoms with van der Waals surface area (Å²) in [6.45, 7) is 5.30. The van der Waals surface area contributed by atoms with Crippen LogP contribution in [0.2, 0.25) is 0 Å². The standard InChI is InChI=1S/C19H24N6O2S2/c1-3-24-13-17(14(2)23-24)29(26,27)25-10-7-15(8-11-25)16-5-4-6-18(21-16)22-19-20-9-12-28-19/h4-6,9,12-13,15H,3,7-8,10-11H2,1-2H3,(H,20,21,22). The molecule has 0 unspecified atom stereocenters. The number of anilines is 2. The lowest BCUT2D eigenvalue weighted by Gasteiger charge is -2.30. The van der Waals surface area contributed by atoms with E-state index >= 15 is 0 Å². The lowest BCUT2D eigenvalue weighted by Crippen LogP contribution is -2.38. The Kier molecular flexibility index (Phi) is 5.66. The van der Waals surface area contributed by atoms with E-state index in [9.17, 15) is 8.42 Å². The zero-order valence-corrected chi connectivity index (χ0v) is 18.1. The highest BCUT2D eigenvalue weighted by atomic mass is 32.2. The van der Waals surface area contributed by atoms with Crippen LogP contribution in [0, 0.1) is 6.92 Å². The molecule has 0 spiro atoms. The van der Waals surface area contributed by atoms with Gasteiger partial charge in [0.15, 0.2) is 5.13 Å². The summed E-state index contributed by atoms with van der Waals surface area (Å²) in [6, 6.07) is 5.90. The monoisotopic (exact) mass is 432 g/mol. The molecule has 0 atom stereocenters. The van der Waals surface area contributed by atoms with E-state index in [1.807, 2.05) is 30.5 Å². The van der Waals surface area contributed by atoms with E-state index < -0.39 is 10.0 Å². The van der Waals surface area contributed by atoms with Crippen LogP contribution < -0.4 is 5.32 Å². The average Bonchev–Trinajstić information content (AvgIpc) is 3.38. The van der Waals surface area contributed by atoms with Gasteiger partial charge in [-0.05, 0) is 38.8 Å². The first-order valence-electron chi connectivity index (χ1n) is 9.65. The van der Waals surface area contributed by atoms with Crippen molar-refractivity contribution in [1.29, 1.82) is 0 Å². The topological polar surface area (TPSA) is 93.0 Å². The van der Waals surface area contributed by atoms with Crippen LogP contribution >= 0.6 is 11.3 Å². The summed E-state index contributed by atoms with van der Waals surface area (Å²) in [4.78, 5) is 9.25. The van der Waals surface area contributed by atoms with Crippen molar-refractivity contribution in [2.75, 3.05) is 18.4 Å². The molecule has 0 aromatic carbocycles. The summed E-state index contributed by atoms with van der Waals surface area (Å²) in [7, 11) is -3.52. The van der Waals surface area contributed by atoms with Crippen molar-refractivity contribution in [3.8, 4) is 0 Å². The van der Waals surface area contributed by atoms with Crippen LogP contribution in [0.3, 0.4) is 0 Å². The molecule has 1 fully saturated rings. The summed E-state index contributed by atoms with van der Waals surface area (Å²) < 4.78 is 29.3. The summed E-state index contributed by atoms with van der Waals surface area (Å²) in [5, 5.41) is 10.2. The lowest BCUT2D eigenvalue weighted by atomic mass is 9.94. The molecule has 0 amide bonds. The van der Waals surface area contributed by atoms with Crippen LogP contribution in [0.5, 0.6) is 0 Å². The van der Waals surface area contributed by atoms with E-state index in [0.717, 1.165) is 29.5 Å². The molecule has 0 bridgehead atoms. The predicted molar refractivity (Wildman–Crippen MR) is 113 cm³/mol. The van der Waals surface area contributed by atoms with Gasteiger partial charge in [0.2, 0.25) is 10.0 Å². The number of aromatic nitrogens is 4. The highest BCUT2D eigenvalue weighted by Crippen LogP contribution is 2.31. The van der Waals surface area contributed by atoms with Crippen LogP contribution in [-0.4, -0.2) is 45.6 Å². The second-order valence-corrected chi connectivity index (χ2v) is 9.82. The van der Waals surface area contributed by atoms with Gasteiger partial charge in [0, 0.05) is 49.0 Å². The Morgan fingerprint density at radius 1 is 1.28 bits per heavy atom. The Balaban J connectivity index is 1.44. The van der Waals surface area contributed by atoms with Crippen LogP contribution in [0.15, 0.2) is 40.9 Å². The average molecular weight is 433 g/mol. The van der Waals surface area contributed by atoms with Crippen LogP contribution in [0.25, 0.3) is 0 Å².